The van der Waals surface area contributed by atoms with E-state index in [2.05, 4.69) is 55.2 Å². The maximum atomic E-state index is 13.9. The lowest BCUT2D eigenvalue weighted by Crippen LogP contribution is -2.36. The van der Waals surface area contributed by atoms with E-state index in [1.165, 1.54) is 55.1 Å². The highest BCUT2D eigenvalue weighted by molar-refractivity contribution is 7.90. The fourth-order valence-electron chi connectivity index (χ4n) is 8.71. The van der Waals surface area contributed by atoms with Crippen molar-refractivity contribution in [3.8, 4) is 11.5 Å². The molecule has 2 saturated heterocycles. The highest BCUT2D eigenvalue weighted by Crippen LogP contribution is 2.47. The van der Waals surface area contributed by atoms with Gasteiger partial charge in [-0.25, -0.2) is 18.1 Å². The van der Waals surface area contributed by atoms with Crippen LogP contribution in [0, 0.1) is 10.1 Å². The monoisotopic (exact) mass is 818 g/mol. The lowest BCUT2D eigenvalue weighted by molar-refractivity contribution is -0.384. The van der Waals surface area contributed by atoms with Crippen LogP contribution >= 0.6 is 0 Å². The zero-order valence-electron chi connectivity index (χ0n) is 32.5. The van der Waals surface area contributed by atoms with E-state index >= 15 is 0 Å². The molecule has 3 fully saturated rings. The van der Waals surface area contributed by atoms with Gasteiger partial charge in [-0.05, 0) is 116 Å². The number of allylic oxidation sites excluding steroid dienone is 1. The Morgan fingerprint density at radius 1 is 1.02 bits per heavy atom. The first kappa shape index (κ1) is 38.9. The van der Waals surface area contributed by atoms with Gasteiger partial charge in [0.15, 0.2) is 0 Å². The molecule has 3 N–H and O–H groups in total. The average Bonchev–Trinajstić information content (AvgIpc) is 3.79. The molecular weight excluding hydrogens is 773 g/mol. The number of H-pyrrole nitrogens is 1. The Hall–Kier alpha value is -5.61. The Morgan fingerprint density at radius 3 is 2.66 bits per heavy atom. The van der Waals surface area contributed by atoms with Crippen LogP contribution in [-0.2, 0) is 19.5 Å². The lowest BCUT2D eigenvalue weighted by atomic mass is 9.88. The van der Waals surface area contributed by atoms with E-state index in [0.29, 0.717) is 49.2 Å². The van der Waals surface area contributed by atoms with E-state index in [4.69, 9.17) is 14.2 Å². The van der Waals surface area contributed by atoms with Gasteiger partial charge in [-0.3, -0.25) is 19.8 Å². The zero-order chi connectivity index (χ0) is 40.5. The minimum absolute atomic E-state index is 0.0301. The molecule has 4 aliphatic rings. The summed E-state index contributed by atoms with van der Waals surface area (Å²) in [6.45, 7) is 2.52. The second kappa shape index (κ2) is 16.6. The summed E-state index contributed by atoms with van der Waals surface area (Å²) in [4.78, 5) is 35.0. The van der Waals surface area contributed by atoms with E-state index in [-0.39, 0.29) is 29.6 Å². The summed E-state index contributed by atoms with van der Waals surface area (Å²) in [5, 5.41) is 15.8. The normalized spacial score (nSPS) is 21.2. The van der Waals surface area contributed by atoms with Crippen molar-refractivity contribution < 1.29 is 32.3 Å². The second-order valence-corrected chi connectivity index (χ2v) is 17.4. The van der Waals surface area contributed by atoms with Crippen molar-refractivity contribution in [2.45, 2.75) is 73.9 Å². The number of amides is 1. The van der Waals surface area contributed by atoms with Crippen molar-refractivity contribution in [2.24, 2.45) is 0 Å². The van der Waals surface area contributed by atoms with Crippen molar-refractivity contribution in [3.05, 3.63) is 124 Å². The number of ether oxygens (including phenoxy) is 3. The third-order valence-corrected chi connectivity index (χ3v) is 13.2. The maximum absolute atomic E-state index is 13.9. The van der Waals surface area contributed by atoms with Crippen molar-refractivity contribution in [1.82, 2.24) is 19.6 Å². The summed E-state index contributed by atoms with van der Waals surface area (Å²) in [6.07, 6.45) is 12.9. The number of hydrogen-bond donors (Lipinski definition) is 3. The van der Waals surface area contributed by atoms with Gasteiger partial charge in [0, 0.05) is 36.3 Å². The zero-order valence-corrected chi connectivity index (χ0v) is 33.3. The highest BCUT2D eigenvalue weighted by Gasteiger charge is 2.36. The number of sulfonamides is 1. The molecule has 2 aliphatic carbocycles. The summed E-state index contributed by atoms with van der Waals surface area (Å²) < 4.78 is 46.7. The molecule has 5 aromatic rings. The Bertz CT molecular complexity index is 2530. The SMILES string of the molecule is O=C(NS(=O)(=O)c1ccc(NC[C@@H]2COCCO2)c([N+](=O)[O-])c1)c1ccc(C2=CCC(N3CCC[C@H]3c3ccccc3C3CC3)CC2)cc1Oc1cnc2[nH]ccc2c1. The number of fused-ring (bicyclic) bond motifs is 1. The quantitative estimate of drug-likeness (QED) is 0.0778. The molecule has 15 heteroatoms. The number of pyridine rings is 1. The number of carbonyl (C=O) groups is 1. The van der Waals surface area contributed by atoms with E-state index in [9.17, 15) is 23.3 Å². The van der Waals surface area contributed by atoms with Gasteiger partial charge >= 0.3 is 0 Å². The summed E-state index contributed by atoms with van der Waals surface area (Å²) in [7, 11) is -4.57. The van der Waals surface area contributed by atoms with Crippen LogP contribution in [0.15, 0.2) is 96.2 Å². The van der Waals surface area contributed by atoms with Crippen LogP contribution in [0.4, 0.5) is 11.4 Å². The molecule has 1 amide bonds. The molecule has 9 rings (SSSR count). The van der Waals surface area contributed by atoms with Crippen molar-refractivity contribution in [1.29, 1.82) is 0 Å². The molecule has 1 saturated carbocycles. The number of nitro benzene ring substituents is 1. The molecule has 0 bridgehead atoms. The van der Waals surface area contributed by atoms with Gasteiger partial charge < -0.3 is 24.5 Å². The molecule has 2 aromatic heterocycles. The molecule has 2 aliphatic heterocycles. The smallest absolute Gasteiger partial charge is 0.293 e. The van der Waals surface area contributed by atoms with Gasteiger partial charge in [0.1, 0.15) is 22.8 Å². The molecule has 0 spiro atoms. The third kappa shape index (κ3) is 8.46. The highest BCUT2D eigenvalue weighted by atomic mass is 32.2. The van der Waals surface area contributed by atoms with E-state index in [1.807, 2.05) is 12.1 Å². The number of aromatic nitrogens is 2. The fraction of sp³-hybridized carbons (Fsp3) is 0.364. The second-order valence-electron chi connectivity index (χ2n) is 15.7. The van der Waals surface area contributed by atoms with E-state index in [0.717, 1.165) is 48.4 Å². The van der Waals surface area contributed by atoms with Crippen molar-refractivity contribution in [3.63, 3.8) is 0 Å². The first-order chi connectivity index (χ1) is 28.7. The molecule has 1 unspecified atom stereocenters. The first-order valence-electron chi connectivity index (χ1n) is 20.3. The van der Waals surface area contributed by atoms with Crippen molar-refractivity contribution in [2.75, 3.05) is 38.2 Å². The number of aromatic amines is 1. The summed E-state index contributed by atoms with van der Waals surface area (Å²) >= 11 is 0. The lowest BCUT2D eigenvalue weighted by Gasteiger charge is -2.36. The molecule has 4 heterocycles. The van der Waals surface area contributed by atoms with Gasteiger partial charge in [0.2, 0.25) is 0 Å². The average molecular weight is 819 g/mol. The minimum atomic E-state index is -4.57. The Labute approximate surface area is 342 Å². The van der Waals surface area contributed by atoms with Crippen molar-refractivity contribution >= 4 is 43.9 Å². The van der Waals surface area contributed by atoms with Gasteiger partial charge in [-0.2, -0.15) is 0 Å². The van der Waals surface area contributed by atoms with E-state index < -0.39 is 31.4 Å². The number of likely N-dealkylation sites (tertiary alicyclic amines) is 1. The number of nitrogens with one attached hydrogen (secondary N) is 3. The largest absolute Gasteiger partial charge is 0.455 e. The van der Waals surface area contributed by atoms with Crippen LogP contribution in [0.25, 0.3) is 16.6 Å². The molecular formula is C44H46N6O8S. The van der Waals surface area contributed by atoms with Gasteiger partial charge in [-0.15, -0.1) is 0 Å². The van der Waals surface area contributed by atoms with Crippen LogP contribution in [0.2, 0.25) is 0 Å². The Balaban J connectivity index is 0.954. The standard InChI is InChI=1S/C44H46N6O8S/c51-44(48-59(54,55)35-14-16-39(41(24-35)50(52)53)46-26-34-27-56-20-21-57-34)38-15-11-30(23-42(38)58-33-22-31-17-18-45-43(31)47-25-33)28-9-12-32(13-10-28)49-19-3-6-40(49)37-5-2-1-4-36(37)29-7-8-29/h1-2,4-5,9,11,14-18,22-25,29,32,34,40,46H,3,6-8,10,12-13,19-21,26-27H2,(H,45,47)(H,48,51)/t32?,34-,40+/m1/s1. The number of nitrogens with zero attached hydrogens (tertiary/aromatic N) is 3. The number of anilines is 1. The van der Waals surface area contributed by atoms with Gasteiger partial charge in [0.05, 0.1) is 47.5 Å². The number of rotatable bonds is 13. The predicted octanol–water partition coefficient (Wildman–Crippen LogP) is 7.86. The number of hydrogen-bond acceptors (Lipinski definition) is 11. The summed E-state index contributed by atoms with van der Waals surface area (Å²) in [5.41, 5.74) is 5.29. The Morgan fingerprint density at radius 2 is 1.88 bits per heavy atom. The van der Waals surface area contributed by atoms with Crippen LogP contribution in [0.1, 0.15) is 84.0 Å². The van der Waals surface area contributed by atoms with Crippen LogP contribution < -0.4 is 14.8 Å². The van der Waals surface area contributed by atoms with Crippen LogP contribution in [0.5, 0.6) is 11.5 Å². The summed E-state index contributed by atoms with van der Waals surface area (Å²) in [5.74, 6) is 0.253. The first-order valence-corrected chi connectivity index (χ1v) is 21.8. The van der Waals surface area contributed by atoms with Crippen LogP contribution in [-0.4, -0.2) is 79.2 Å². The predicted molar refractivity (Wildman–Crippen MR) is 222 cm³/mol. The molecule has 0 radical (unpaired) electrons. The fourth-order valence-corrected chi connectivity index (χ4v) is 9.70. The van der Waals surface area contributed by atoms with Gasteiger partial charge in [-0.1, -0.05) is 36.4 Å². The molecule has 3 atom stereocenters. The summed E-state index contributed by atoms with van der Waals surface area (Å²) in [6, 6.07) is 22.1. The molecule has 59 heavy (non-hydrogen) atoms. The number of nitro groups is 1. The van der Waals surface area contributed by atoms with E-state index in [1.54, 1.807) is 24.4 Å². The Kier molecular flexibility index (Phi) is 10.9. The number of benzene rings is 3. The number of carbonyl (C=O) groups excluding carboxylic acids is 1. The third-order valence-electron chi connectivity index (χ3n) is 11.8. The minimum Gasteiger partial charge on any atom is -0.455 e. The topological polar surface area (TPSA) is 178 Å². The van der Waals surface area contributed by atoms with Gasteiger partial charge in [0.25, 0.3) is 21.6 Å². The molecule has 306 valence electrons. The van der Waals surface area contributed by atoms with Crippen LogP contribution in [0.3, 0.4) is 0 Å². The molecule has 14 nitrogen and oxygen atoms in total. The maximum Gasteiger partial charge on any atom is 0.293 e. The molecule has 3 aromatic carbocycles.